The highest BCUT2D eigenvalue weighted by atomic mass is 16.6. The van der Waals surface area contributed by atoms with Crippen LogP contribution in [0.25, 0.3) is 0 Å². The summed E-state index contributed by atoms with van der Waals surface area (Å²) in [7, 11) is 0. The van der Waals surface area contributed by atoms with Crippen LogP contribution in [0, 0.1) is 23.7 Å². The number of ether oxygens (including phenoxy) is 1. The van der Waals surface area contributed by atoms with Crippen molar-refractivity contribution in [1.29, 1.82) is 0 Å². The van der Waals surface area contributed by atoms with Crippen LogP contribution >= 0.6 is 0 Å². The quantitative estimate of drug-likeness (QED) is 0.505. The number of hydrogen-bond donors (Lipinski definition) is 0. The number of esters is 1. The van der Waals surface area contributed by atoms with Crippen molar-refractivity contribution in [3.05, 3.63) is 23.3 Å². The lowest BCUT2D eigenvalue weighted by Crippen LogP contribution is -2.41. The van der Waals surface area contributed by atoms with Gasteiger partial charge in [0.15, 0.2) is 5.78 Å². The van der Waals surface area contributed by atoms with Gasteiger partial charge in [-0.3, -0.25) is 9.59 Å². The fourth-order valence-corrected chi connectivity index (χ4v) is 6.38. The van der Waals surface area contributed by atoms with E-state index in [4.69, 9.17) is 4.74 Å². The first-order chi connectivity index (χ1) is 11.2. The minimum absolute atomic E-state index is 0.0140. The maximum Gasteiger partial charge on any atom is 0.306 e. The molecule has 23 heavy (non-hydrogen) atoms. The van der Waals surface area contributed by atoms with Crippen LogP contribution in [0.1, 0.15) is 57.8 Å². The summed E-state index contributed by atoms with van der Waals surface area (Å²) in [6.45, 7) is 0. The van der Waals surface area contributed by atoms with Crippen LogP contribution < -0.4 is 0 Å². The van der Waals surface area contributed by atoms with Gasteiger partial charge in [-0.15, -0.1) is 0 Å². The lowest BCUT2D eigenvalue weighted by atomic mass is 9.60. The molecule has 0 bridgehead atoms. The van der Waals surface area contributed by atoms with Gasteiger partial charge in [0.2, 0.25) is 0 Å². The van der Waals surface area contributed by atoms with Crippen molar-refractivity contribution < 1.29 is 14.3 Å². The molecule has 1 heterocycles. The Bertz CT molecular complexity index is 643. The molecule has 4 aliphatic carbocycles. The van der Waals surface area contributed by atoms with Gasteiger partial charge >= 0.3 is 5.97 Å². The fraction of sp³-hybridized carbons (Fsp3) is 0.700. The number of fused-ring (bicyclic) bond motifs is 6. The molecular formula is C20H24O3. The normalized spacial score (nSPS) is 45.0. The molecule has 0 aromatic rings. The standard InChI is InChI=1S/C20H24O3/c21-13-2-4-14-12(11-13)1-3-16-15(14)5-6-18-17(16)7-9-20(18)10-8-19(22)23-20/h5,11,14,16-18H,1-4,6-10H2. The third kappa shape index (κ3) is 1.95. The van der Waals surface area contributed by atoms with Gasteiger partial charge < -0.3 is 4.74 Å². The van der Waals surface area contributed by atoms with E-state index in [9.17, 15) is 9.59 Å². The van der Waals surface area contributed by atoms with Gasteiger partial charge in [-0.05, 0) is 62.9 Å². The highest BCUT2D eigenvalue weighted by molar-refractivity contribution is 5.91. The predicted molar refractivity (Wildman–Crippen MR) is 85.5 cm³/mol. The average molecular weight is 312 g/mol. The van der Waals surface area contributed by atoms with E-state index in [0.717, 1.165) is 32.1 Å². The van der Waals surface area contributed by atoms with E-state index in [1.165, 1.54) is 18.4 Å². The van der Waals surface area contributed by atoms with Crippen molar-refractivity contribution in [1.82, 2.24) is 0 Å². The lowest BCUT2D eigenvalue weighted by molar-refractivity contribution is -0.152. The first kappa shape index (κ1) is 14.0. The van der Waals surface area contributed by atoms with E-state index in [-0.39, 0.29) is 11.6 Å². The van der Waals surface area contributed by atoms with Crippen molar-refractivity contribution in [3.63, 3.8) is 0 Å². The minimum atomic E-state index is -0.136. The van der Waals surface area contributed by atoms with Crippen LogP contribution in [0.3, 0.4) is 0 Å². The Morgan fingerprint density at radius 1 is 1.04 bits per heavy atom. The number of rotatable bonds is 0. The first-order valence-corrected chi connectivity index (χ1v) is 9.31. The summed E-state index contributed by atoms with van der Waals surface area (Å²) in [4.78, 5) is 23.4. The van der Waals surface area contributed by atoms with Gasteiger partial charge in [0.25, 0.3) is 0 Å². The van der Waals surface area contributed by atoms with Crippen LogP contribution in [-0.2, 0) is 14.3 Å². The Hall–Kier alpha value is -1.38. The molecule has 0 N–H and O–H groups in total. The topological polar surface area (TPSA) is 43.4 Å². The number of carbonyl (C=O) groups is 2. The molecule has 3 heteroatoms. The van der Waals surface area contributed by atoms with Crippen LogP contribution in [0.15, 0.2) is 23.3 Å². The molecule has 1 saturated heterocycles. The number of carbonyl (C=O) groups excluding carboxylic acids is 2. The van der Waals surface area contributed by atoms with Crippen LogP contribution in [-0.4, -0.2) is 17.4 Å². The highest BCUT2D eigenvalue weighted by Gasteiger charge is 2.57. The molecule has 1 spiro atoms. The molecule has 5 unspecified atom stereocenters. The minimum Gasteiger partial charge on any atom is -0.459 e. The van der Waals surface area contributed by atoms with Gasteiger partial charge in [0.05, 0.1) is 0 Å². The van der Waals surface area contributed by atoms with Crippen molar-refractivity contribution in [2.75, 3.05) is 0 Å². The average Bonchev–Trinajstić information content (AvgIpc) is 3.11. The number of hydrogen-bond acceptors (Lipinski definition) is 3. The van der Waals surface area contributed by atoms with Crippen LogP contribution in [0.2, 0.25) is 0 Å². The molecular weight excluding hydrogens is 288 g/mol. The second-order valence-corrected chi connectivity index (χ2v) is 8.21. The second kappa shape index (κ2) is 4.81. The largest absolute Gasteiger partial charge is 0.459 e. The summed E-state index contributed by atoms with van der Waals surface area (Å²) in [5.41, 5.74) is 2.88. The molecule has 2 saturated carbocycles. The van der Waals surface area contributed by atoms with Crippen molar-refractivity contribution in [2.45, 2.75) is 63.4 Å². The maximum atomic E-state index is 11.7. The Balaban J connectivity index is 1.47. The zero-order chi connectivity index (χ0) is 15.6. The molecule has 3 fully saturated rings. The molecule has 122 valence electrons. The van der Waals surface area contributed by atoms with E-state index < -0.39 is 0 Å². The summed E-state index contributed by atoms with van der Waals surface area (Å²) >= 11 is 0. The first-order valence-electron chi connectivity index (χ1n) is 9.31. The smallest absolute Gasteiger partial charge is 0.306 e. The summed E-state index contributed by atoms with van der Waals surface area (Å²) in [6, 6.07) is 0. The molecule has 5 atom stereocenters. The van der Waals surface area contributed by atoms with Gasteiger partial charge in [-0.1, -0.05) is 17.2 Å². The Morgan fingerprint density at radius 2 is 1.96 bits per heavy atom. The zero-order valence-corrected chi connectivity index (χ0v) is 13.6. The summed E-state index contributed by atoms with van der Waals surface area (Å²) in [6.07, 6.45) is 13.3. The Morgan fingerprint density at radius 3 is 2.78 bits per heavy atom. The molecule has 5 aliphatic rings. The van der Waals surface area contributed by atoms with Crippen molar-refractivity contribution in [3.8, 4) is 0 Å². The molecule has 0 aromatic heterocycles. The van der Waals surface area contributed by atoms with Crippen LogP contribution in [0.5, 0.6) is 0 Å². The molecule has 5 rings (SSSR count). The van der Waals surface area contributed by atoms with E-state index in [2.05, 4.69) is 6.08 Å². The fourth-order valence-electron chi connectivity index (χ4n) is 6.38. The van der Waals surface area contributed by atoms with Gasteiger partial charge in [0.1, 0.15) is 5.60 Å². The van der Waals surface area contributed by atoms with Gasteiger partial charge in [0, 0.05) is 24.7 Å². The summed E-state index contributed by atoms with van der Waals surface area (Å²) in [5.74, 6) is 2.78. The van der Waals surface area contributed by atoms with E-state index in [1.54, 1.807) is 5.57 Å². The predicted octanol–water partition coefficient (Wildman–Crippen LogP) is 3.73. The lowest BCUT2D eigenvalue weighted by Gasteiger charge is -2.45. The molecule has 3 nitrogen and oxygen atoms in total. The van der Waals surface area contributed by atoms with E-state index in [1.807, 2.05) is 6.08 Å². The van der Waals surface area contributed by atoms with Crippen LogP contribution in [0.4, 0.5) is 0 Å². The highest BCUT2D eigenvalue weighted by Crippen LogP contribution is 2.59. The van der Waals surface area contributed by atoms with Crippen molar-refractivity contribution >= 4 is 11.8 Å². The SMILES string of the molecule is O=C1C=C2CCC3C(=CCC4C3CCC43CCC(=O)O3)C2CC1. The third-order valence-electron chi connectivity index (χ3n) is 7.34. The van der Waals surface area contributed by atoms with E-state index >= 15 is 0 Å². The number of ketones is 1. The maximum absolute atomic E-state index is 11.7. The second-order valence-electron chi connectivity index (χ2n) is 8.21. The van der Waals surface area contributed by atoms with Gasteiger partial charge in [-0.25, -0.2) is 0 Å². The summed E-state index contributed by atoms with van der Waals surface area (Å²) in [5, 5.41) is 0. The van der Waals surface area contributed by atoms with Gasteiger partial charge in [-0.2, -0.15) is 0 Å². The molecule has 0 aromatic carbocycles. The Kier molecular flexibility index (Phi) is 2.93. The monoisotopic (exact) mass is 312 g/mol. The third-order valence-corrected chi connectivity index (χ3v) is 7.34. The zero-order valence-electron chi connectivity index (χ0n) is 13.6. The van der Waals surface area contributed by atoms with E-state index in [0.29, 0.717) is 42.3 Å². The molecule has 0 radical (unpaired) electrons. The summed E-state index contributed by atoms with van der Waals surface area (Å²) < 4.78 is 5.86. The molecule has 0 amide bonds. The number of allylic oxidation sites excluding steroid dienone is 4. The molecule has 1 aliphatic heterocycles. The Labute approximate surface area is 137 Å². The van der Waals surface area contributed by atoms with Crippen molar-refractivity contribution in [2.24, 2.45) is 23.7 Å².